The Labute approximate surface area is 171 Å². The van der Waals surface area contributed by atoms with Crippen LogP contribution in [0.2, 0.25) is 0 Å². The van der Waals surface area contributed by atoms with E-state index in [1.807, 2.05) is 42.5 Å². The zero-order chi connectivity index (χ0) is 20.1. The summed E-state index contributed by atoms with van der Waals surface area (Å²) in [7, 11) is 1.76. The van der Waals surface area contributed by atoms with Crippen LogP contribution < -0.4 is 20.7 Å². The number of rotatable bonds is 6. The van der Waals surface area contributed by atoms with Crippen molar-refractivity contribution in [1.29, 1.82) is 0 Å². The molecule has 0 spiro atoms. The van der Waals surface area contributed by atoms with E-state index in [1.54, 1.807) is 7.05 Å². The highest BCUT2D eigenvalue weighted by Crippen LogP contribution is 2.28. The van der Waals surface area contributed by atoms with Crippen LogP contribution in [0.5, 0.6) is 5.75 Å². The molecule has 1 aliphatic carbocycles. The number of nitrogens with one attached hydrogen (secondary N) is 3. The fraction of sp³-hybridized carbons (Fsp3) is 0.391. The Hall–Kier alpha value is -3.02. The van der Waals surface area contributed by atoms with Gasteiger partial charge in [0, 0.05) is 31.6 Å². The zero-order valence-electron chi connectivity index (χ0n) is 16.8. The first-order valence-electron chi connectivity index (χ1n) is 10.3. The maximum atomic E-state index is 12.1. The van der Waals surface area contributed by atoms with E-state index in [1.165, 1.54) is 5.56 Å². The van der Waals surface area contributed by atoms with Gasteiger partial charge in [-0.2, -0.15) is 0 Å². The molecule has 1 atom stereocenters. The topological polar surface area (TPSA) is 74.8 Å². The first-order chi connectivity index (χ1) is 14.2. The predicted octanol–water partition coefficient (Wildman–Crippen LogP) is 3.09. The van der Waals surface area contributed by atoms with Crippen LogP contribution in [0, 0.1) is 5.92 Å². The van der Waals surface area contributed by atoms with Crippen LogP contribution in [0.1, 0.15) is 30.4 Å². The summed E-state index contributed by atoms with van der Waals surface area (Å²) < 4.78 is 5.97. The lowest BCUT2D eigenvalue weighted by molar-refractivity contribution is -0.122. The van der Waals surface area contributed by atoms with Crippen LogP contribution >= 0.6 is 0 Å². The summed E-state index contributed by atoms with van der Waals surface area (Å²) in [5, 5.41) is 9.69. The van der Waals surface area contributed by atoms with Crippen LogP contribution in [0.3, 0.4) is 0 Å². The summed E-state index contributed by atoms with van der Waals surface area (Å²) >= 11 is 0. The maximum Gasteiger partial charge on any atom is 0.227 e. The van der Waals surface area contributed by atoms with Crippen molar-refractivity contribution in [2.75, 3.05) is 18.9 Å². The molecule has 1 heterocycles. The molecular weight excluding hydrogens is 364 g/mol. The first kappa shape index (κ1) is 19.3. The van der Waals surface area contributed by atoms with Gasteiger partial charge in [0.05, 0.1) is 6.54 Å². The molecule has 1 fully saturated rings. The van der Waals surface area contributed by atoms with E-state index in [4.69, 9.17) is 4.74 Å². The minimum absolute atomic E-state index is 0.107. The second-order valence-corrected chi connectivity index (χ2v) is 7.68. The number of fused-ring (bicyclic) bond motifs is 1. The third-order valence-electron chi connectivity index (χ3n) is 5.57. The van der Waals surface area contributed by atoms with E-state index in [2.05, 4.69) is 27.0 Å². The van der Waals surface area contributed by atoms with E-state index in [0.29, 0.717) is 13.1 Å². The van der Waals surface area contributed by atoms with Crippen molar-refractivity contribution < 1.29 is 9.53 Å². The number of nitrogens with zero attached hydrogens (tertiary/aromatic N) is 1. The van der Waals surface area contributed by atoms with Gasteiger partial charge in [0.25, 0.3) is 0 Å². The molecule has 0 saturated heterocycles. The van der Waals surface area contributed by atoms with E-state index in [9.17, 15) is 4.79 Å². The Kier molecular flexibility index (Phi) is 5.98. The van der Waals surface area contributed by atoms with E-state index < -0.39 is 0 Å². The van der Waals surface area contributed by atoms with Crippen molar-refractivity contribution in [2.24, 2.45) is 10.9 Å². The SMILES string of the molecule is CN=C(NCc1cccc(NC(=O)C2CCC2)c1)NCC1Cc2ccccc2O1. The molecule has 2 aromatic rings. The highest BCUT2D eigenvalue weighted by molar-refractivity contribution is 5.93. The second kappa shape index (κ2) is 8.99. The molecule has 6 nitrogen and oxygen atoms in total. The summed E-state index contributed by atoms with van der Waals surface area (Å²) in [6, 6.07) is 16.1. The molecule has 1 unspecified atom stereocenters. The van der Waals surface area contributed by atoms with Crippen LogP contribution in [0.15, 0.2) is 53.5 Å². The lowest BCUT2D eigenvalue weighted by Crippen LogP contribution is -2.41. The van der Waals surface area contributed by atoms with Gasteiger partial charge in [0.15, 0.2) is 5.96 Å². The lowest BCUT2D eigenvalue weighted by Gasteiger charge is -2.24. The van der Waals surface area contributed by atoms with Crippen molar-refractivity contribution in [3.63, 3.8) is 0 Å². The van der Waals surface area contributed by atoms with Crippen LogP contribution in [-0.4, -0.2) is 31.6 Å². The fourth-order valence-electron chi connectivity index (χ4n) is 3.66. The van der Waals surface area contributed by atoms with E-state index >= 15 is 0 Å². The molecule has 0 aromatic heterocycles. The van der Waals surface area contributed by atoms with Gasteiger partial charge in [0.2, 0.25) is 5.91 Å². The standard InChI is InChI=1S/C23H28N4O2/c1-24-23(26-15-20-13-18-7-2-3-11-21(18)29-20)25-14-16-6-4-10-19(12-16)27-22(28)17-8-5-9-17/h2-4,6-7,10-12,17,20H,5,8-9,13-15H2,1H3,(H,27,28)(H2,24,25,26). The van der Waals surface area contributed by atoms with Crippen LogP contribution in [-0.2, 0) is 17.8 Å². The van der Waals surface area contributed by atoms with E-state index in [0.717, 1.165) is 48.6 Å². The molecule has 152 valence electrons. The van der Waals surface area contributed by atoms with Crippen LogP contribution in [0.4, 0.5) is 5.69 Å². The molecule has 1 aliphatic heterocycles. The first-order valence-corrected chi connectivity index (χ1v) is 10.3. The minimum Gasteiger partial charge on any atom is -0.488 e. The average molecular weight is 393 g/mol. The molecule has 0 bridgehead atoms. The zero-order valence-corrected chi connectivity index (χ0v) is 16.8. The van der Waals surface area contributed by atoms with Gasteiger partial charge in [-0.1, -0.05) is 36.8 Å². The molecule has 0 radical (unpaired) electrons. The molecule has 4 rings (SSSR count). The summed E-state index contributed by atoms with van der Waals surface area (Å²) in [5.41, 5.74) is 3.19. The van der Waals surface area contributed by atoms with Gasteiger partial charge in [-0.3, -0.25) is 9.79 Å². The highest BCUT2D eigenvalue weighted by atomic mass is 16.5. The number of guanidine groups is 1. The number of ether oxygens (including phenoxy) is 1. The smallest absolute Gasteiger partial charge is 0.227 e. The summed E-state index contributed by atoms with van der Waals surface area (Å²) in [5.74, 6) is 2.02. The van der Waals surface area contributed by atoms with Gasteiger partial charge >= 0.3 is 0 Å². The number of carbonyl (C=O) groups excluding carboxylic acids is 1. The van der Waals surface area contributed by atoms with Gasteiger partial charge in [-0.15, -0.1) is 0 Å². The van der Waals surface area contributed by atoms with Crippen molar-refractivity contribution in [3.05, 3.63) is 59.7 Å². The maximum absolute atomic E-state index is 12.1. The number of anilines is 1. The van der Waals surface area contributed by atoms with Gasteiger partial charge in [0.1, 0.15) is 11.9 Å². The molecule has 1 saturated carbocycles. The largest absolute Gasteiger partial charge is 0.488 e. The lowest BCUT2D eigenvalue weighted by atomic mass is 9.85. The number of amides is 1. The number of para-hydroxylation sites is 1. The van der Waals surface area contributed by atoms with Crippen molar-refractivity contribution in [2.45, 2.75) is 38.3 Å². The third-order valence-corrected chi connectivity index (χ3v) is 5.57. The monoisotopic (exact) mass is 392 g/mol. The Balaban J connectivity index is 1.24. The number of carbonyl (C=O) groups is 1. The molecule has 29 heavy (non-hydrogen) atoms. The van der Waals surface area contributed by atoms with Gasteiger partial charge in [-0.25, -0.2) is 0 Å². The Bertz CT molecular complexity index is 867. The quantitative estimate of drug-likeness (QED) is 0.522. The summed E-state index contributed by atoms with van der Waals surface area (Å²) in [6.45, 7) is 1.31. The Morgan fingerprint density at radius 1 is 1.14 bits per heavy atom. The van der Waals surface area contributed by atoms with Crippen molar-refractivity contribution in [3.8, 4) is 5.75 Å². The van der Waals surface area contributed by atoms with Crippen molar-refractivity contribution >= 4 is 17.6 Å². The third kappa shape index (κ3) is 4.88. The van der Waals surface area contributed by atoms with Crippen LogP contribution in [0.25, 0.3) is 0 Å². The number of hydrogen-bond acceptors (Lipinski definition) is 3. The van der Waals surface area contributed by atoms with Gasteiger partial charge < -0.3 is 20.7 Å². The molecule has 1 amide bonds. The van der Waals surface area contributed by atoms with Gasteiger partial charge in [-0.05, 0) is 42.2 Å². The fourth-order valence-corrected chi connectivity index (χ4v) is 3.66. The summed E-state index contributed by atoms with van der Waals surface area (Å²) in [6.07, 6.45) is 4.18. The Morgan fingerprint density at radius 2 is 2.00 bits per heavy atom. The average Bonchev–Trinajstić information content (AvgIpc) is 3.10. The molecular formula is C23H28N4O2. The Morgan fingerprint density at radius 3 is 2.76 bits per heavy atom. The number of benzene rings is 2. The number of hydrogen-bond donors (Lipinski definition) is 3. The number of aliphatic imine (C=N–C) groups is 1. The molecule has 2 aliphatic rings. The van der Waals surface area contributed by atoms with E-state index in [-0.39, 0.29) is 17.9 Å². The molecule has 3 N–H and O–H groups in total. The second-order valence-electron chi connectivity index (χ2n) is 7.68. The van der Waals surface area contributed by atoms with Crippen molar-refractivity contribution in [1.82, 2.24) is 10.6 Å². The molecule has 2 aromatic carbocycles. The minimum atomic E-state index is 0.107. The normalized spacial score (nSPS) is 18.4. The molecule has 6 heteroatoms. The summed E-state index contributed by atoms with van der Waals surface area (Å²) in [4.78, 5) is 16.4. The predicted molar refractivity (Wildman–Crippen MR) is 115 cm³/mol. The highest BCUT2D eigenvalue weighted by Gasteiger charge is 2.25.